The van der Waals surface area contributed by atoms with Gasteiger partial charge in [-0.1, -0.05) is 0 Å². The zero-order valence-electron chi connectivity index (χ0n) is 9.29. The molecule has 0 aromatic heterocycles. The van der Waals surface area contributed by atoms with Crippen molar-refractivity contribution < 1.29 is 13.2 Å². The lowest BCUT2D eigenvalue weighted by Crippen LogP contribution is -2.04. The molecule has 0 aliphatic rings. The van der Waals surface area contributed by atoms with E-state index < -0.39 is 9.84 Å². The van der Waals surface area contributed by atoms with Crippen LogP contribution < -0.4 is 0 Å². The second-order valence-corrected chi connectivity index (χ2v) is 5.76. The Kier molecular flexibility index (Phi) is 3.00. The predicted octanol–water partition coefficient (Wildman–Crippen LogP) is 1.91. The molecule has 15 heavy (non-hydrogen) atoms. The fourth-order valence-electron chi connectivity index (χ4n) is 1.41. The van der Waals surface area contributed by atoms with Crippen LogP contribution >= 0.6 is 0 Å². The van der Waals surface area contributed by atoms with Gasteiger partial charge >= 0.3 is 0 Å². The number of hydrogen-bond donors (Lipinski definition) is 0. The van der Waals surface area contributed by atoms with Crippen molar-refractivity contribution in [3.05, 3.63) is 28.8 Å². The van der Waals surface area contributed by atoms with Gasteiger partial charge in [0.1, 0.15) is 0 Å². The first-order valence-corrected chi connectivity index (χ1v) is 6.45. The van der Waals surface area contributed by atoms with E-state index >= 15 is 0 Å². The predicted molar refractivity (Wildman–Crippen MR) is 59.0 cm³/mol. The maximum absolute atomic E-state index is 11.4. The molecule has 0 saturated heterocycles. The minimum Gasteiger partial charge on any atom is -0.295 e. The van der Waals surface area contributed by atoms with Crippen LogP contribution in [0.25, 0.3) is 0 Å². The lowest BCUT2D eigenvalue weighted by Gasteiger charge is -2.08. The molecule has 0 spiro atoms. The fraction of sp³-hybridized carbons (Fsp3) is 0.364. The minimum absolute atomic E-state index is 0.110. The SMILES string of the molecule is CC(=O)c1cc(S(C)(=O)=O)cc(C)c1C. The van der Waals surface area contributed by atoms with Crippen LogP contribution in [0.15, 0.2) is 17.0 Å². The second-order valence-electron chi connectivity index (χ2n) is 3.74. The van der Waals surface area contributed by atoms with E-state index in [0.29, 0.717) is 5.56 Å². The molecular formula is C11H14O3S. The Hall–Kier alpha value is -1.16. The molecule has 0 amide bonds. The Labute approximate surface area is 90.0 Å². The summed E-state index contributed by atoms with van der Waals surface area (Å²) < 4.78 is 22.7. The van der Waals surface area contributed by atoms with Crippen molar-refractivity contribution >= 4 is 15.6 Å². The first-order chi connectivity index (χ1) is 6.73. The summed E-state index contributed by atoms with van der Waals surface area (Å²) in [7, 11) is -3.25. The number of sulfone groups is 1. The van der Waals surface area contributed by atoms with E-state index in [1.54, 1.807) is 13.0 Å². The molecule has 0 atom stereocenters. The van der Waals surface area contributed by atoms with Crippen molar-refractivity contribution in [3.63, 3.8) is 0 Å². The van der Waals surface area contributed by atoms with E-state index in [4.69, 9.17) is 0 Å². The van der Waals surface area contributed by atoms with Gasteiger partial charge in [0.25, 0.3) is 0 Å². The first kappa shape index (κ1) is 11.9. The van der Waals surface area contributed by atoms with Gasteiger partial charge in [-0.3, -0.25) is 4.79 Å². The summed E-state index contributed by atoms with van der Waals surface area (Å²) in [4.78, 5) is 11.5. The van der Waals surface area contributed by atoms with E-state index in [9.17, 15) is 13.2 Å². The highest BCUT2D eigenvalue weighted by Crippen LogP contribution is 2.20. The summed E-state index contributed by atoms with van der Waals surface area (Å²) >= 11 is 0. The van der Waals surface area contributed by atoms with Crippen LogP contribution in [-0.2, 0) is 9.84 Å². The summed E-state index contributed by atoms with van der Waals surface area (Å²) in [5.41, 5.74) is 2.15. The average Bonchev–Trinajstić information content (AvgIpc) is 2.06. The number of rotatable bonds is 2. The summed E-state index contributed by atoms with van der Waals surface area (Å²) in [5, 5.41) is 0. The van der Waals surface area contributed by atoms with Crippen molar-refractivity contribution in [2.75, 3.05) is 6.26 Å². The lowest BCUT2D eigenvalue weighted by molar-refractivity contribution is 0.101. The molecule has 0 radical (unpaired) electrons. The van der Waals surface area contributed by atoms with Crippen molar-refractivity contribution in [2.45, 2.75) is 25.7 Å². The van der Waals surface area contributed by atoms with Crippen molar-refractivity contribution in [1.82, 2.24) is 0 Å². The maximum Gasteiger partial charge on any atom is 0.175 e. The van der Waals surface area contributed by atoms with Crippen LogP contribution in [0.4, 0.5) is 0 Å². The molecule has 0 N–H and O–H groups in total. The normalized spacial score (nSPS) is 11.5. The van der Waals surface area contributed by atoms with Crippen LogP contribution in [-0.4, -0.2) is 20.5 Å². The van der Waals surface area contributed by atoms with Gasteiger partial charge in [-0.2, -0.15) is 0 Å². The van der Waals surface area contributed by atoms with Crippen molar-refractivity contribution in [3.8, 4) is 0 Å². The van der Waals surface area contributed by atoms with Gasteiger partial charge in [0.15, 0.2) is 15.6 Å². The monoisotopic (exact) mass is 226 g/mol. The van der Waals surface area contributed by atoms with E-state index in [1.165, 1.54) is 13.0 Å². The Morgan fingerprint density at radius 1 is 1.20 bits per heavy atom. The Morgan fingerprint density at radius 2 is 1.73 bits per heavy atom. The third-order valence-electron chi connectivity index (χ3n) is 2.45. The summed E-state index contributed by atoms with van der Waals surface area (Å²) in [6, 6.07) is 3.04. The highest BCUT2D eigenvalue weighted by molar-refractivity contribution is 7.90. The van der Waals surface area contributed by atoms with Gasteiger partial charge in [-0.25, -0.2) is 8.42 Å². The molecule has 0 saturated carbocycles. The number of carbonyl (C=O) groups excluding carboxylic acids is 1. The van der Waals surface area contributed by atoms with E-state index in [-0.39, 0.29) is 10.7 Å². The van der Waals surface area contributed by atoms with E-state index in [0.717, 1.165) is 17.4 Å². The lowest BCUT2D eigenvalue weighted by atomic mass is 10.0. The second kappa shape index (κ2) is 3.77. The molecule has 0 aliphatic carbocycles. The van der Waals surface area contributed by atoms with Crippen molar-refractivity contribution in [2.24, 2.45) is 0 Å². The minimum atomic E-state index is -3.25. The van der Waals surface area contributed by atoms with Crippen LogP contribution in [0.2, 0.25) is 0 Å². The molecule has 0 heterocycles. The van der Waals surface area contributed by atoms with Crippen molar-refractivity contribution in [1.29, 1.82) is 0 Å². The van der Waals surface area contributed by atoms with E-state index in [2.05, 4.69) is 0 Å². The molecule has 1 aromatic rings. The first-order valence-electron chi connectivity index (χ1n) is 4.55. The summed E-state index contributed by atoms with van der Waals surface area (Å²) in [5.74, 6) is -0.110. The number of Topliss-reactive ketones (excluding diaryl/α,β-unsaturated/α-hetero) is 1. The molecule has 0 bridgehead atoms. The van der Waals surface area contributed by atoms with Crippen LogP contribution in [0, 0.1) is 13.8 Å². The van der Waals surface area contributed by atoms with Gasteiger partial charge in [-0.05, 0) is 44.0 Å². The molecule has 0 fully saturated rings. The number of hydrogen-bond acceptors (Lipinski definition) is 3. The molecular weight excluding hydrogens is 212 g/mol. The van der Waals surface area contributed by atoms with Gasteiger partial charge < -0.3 is 0 Å². The molecule has 82 valence electrons. The number of ketones is 1. The Morgan fingerprint density at radius 3 is 2.13 bits per heavy atom. The zero-order chi connectivity index (χ0) is 11.8. The summed E-state index contributed by atoms with van der Waals surface area (Å²) in [6.07, 6.45) is 1.14. The van der Waals surface area contributed by atoms with Gasteiger partial charge in [0.2, 0.25) is 0 Å². The standard InChI is InChI=1S/C11H14O3S/c1-7-5-10(15(4,13)14)6-11(8(7)2)9(3)12/h5-6H,1-4H3. The number of aryl methyl sites for hydroxylation is 1. The number of benzene rings is 1. The molecule has 3 nitrogen and oxygen atoms in total. The zero-order valence-corrected chi connectivity index (χ0v) is 10.1. The third kappa shape index (κ3) is 2.45. The molecule has 1 rings (SSSR count). The van der Waals surface area contributed by atoms with Crippen LogP contribution in [0.5, 0.6) is 0 Å². The Bertz CT molecular complexity index is 513. The fourth-order valence-corrected chi connectivity index (χ4v) is 2.13. The smallest absolute Gasteiger partial charge is 0.175 e. The maximum atomic E-state index is 11.4. The molecule has 0 aliphatic heterocycles. The van der Waals surface area contributed by atoms with Gasteiger partial charge in [-0.15, -0.1) is 0 Å². The van der Waals surface area contributed by atoms with Gasteiger partial charge in [0, 0.05) is 11.8 Å². The molecule has 1 aromatic carbocycles. The quantitative estimate of drug-likeness (QED) is 0.724. The number of carbonyl (C=O) groups is 1. The Balaban J connectivity index is 3.57. The van der Waals surface area contributed by atoms with Gasteiger partial charge in [0.05, 0.1) is 4.90 Å². The topological polar surface area (TPSA) is 51.2 Å². The summed E-state index contributed by atoms with van der Waals surface area (Å²) in [6.45, 7) is 5.06. The molecule has 0 unspecified atom stereocenters. The highest BCUT2D eigenvalue weighted by atomic mass is 32.2. The highest BCUT2D eigenvalue weighted by Gasteiger charge is 2.13. The van der Waals surface area contributed by atoms with Crippen LogP contribution in [0.1, 0.15) is 28.4 Å². The molecule has 4 heteroatoms. The third-order valence-corrected chi connectivity index (χ3v) is 3.54. The van der Waals surface area contributed by atoms with Crippen LogP contribution in [0.3, 0.4) is 0 Å². The largest absolute Gasteiger partial charge is 0.295 e. The average molecular weight is 226 g/mol. The van der Waals surface area contributed by atoms with E-state index in [1.807, 2.05) is 6.92 Å².